The number of carbonyl (C=O) groups excluding carboxylic acids is 1. The number of nitrogens with zero attached hydrogens (tertiary/aromatic N) is 2. The Morgan fingerprint density at radius 1 is 1.25 bits per heavy atom. The maximum absolute atomic E-state index is 12.8. The number of amides is 1. The third-order valence-electron chi connectivity index (χ3n) is 4.51. The molecule has 0 aromatic heterocycles. The molecule has 6 heteroatoms. The number of sulfone groups is 1. The van der Waals surface area contributed by atoms with E-state index in [4.69, 9.17) is 0 Å². The van der Waals surface area contributed by atoms with E-state index in [1.54, 1.807) is 11.8 Å². The summed E-state index contributed by atoms with van der Waals surface area (Å²) in [5.41, 5.74) is -0.925. The Morgan fingerprint density at radius 2 is 1.85 bits per heavy atom. The number of carbonyl (C=O) groups is 1. The van der Waals surface area contributed by atoms with Crippen LogP contribution in [0.5, 0.6) is 0 Å². The zero-order valence-electron chi connectivity index (χ0n) is 12.0. The molecule has 1 amide bonds. The van der Waals surface area contributed by atoms with Gasteiger partial charge in [-0.1, -0.05) is 25.7 Å². The summed E-state index contributed by atoms with van der Waals surface area (Å²) in [6, 6.07) is 1.93. The van der Waals surface area contributed by atoms with Crippen LogP contribution in [0.25, 0.3) is 0 Å². The summed E-state index contributed by atoms with van der Waals surface area (Å²) in [4.78, 5) is 14.4. The average Bonchev–Trinajstić information content (AvgIpc) is 2.63. The van der Waals surface area contributed by atoms with Crippen LogP contribution in [0.3, 0.4) is 0 Å². The molecule has 0 N–H and O–H groups in total. The van der Waals surface area contributed by atoms with Gasteiger partial charge in [-0.2, -0.15) is 5.26 Å². The van der Waals surface area contributed by atoms with Gasteiger partial charge in [0.2, 0.25) is 5.91 Å². The van der Waals surface area contributed by atoms with Crippen LogP contribution in [0, 0.1) is 16.7 Å². The highest BCUT2D eigenvalue weighted by molar-refractivity contribution is 7.91. The van der Waals surface area contributed by atoms with Crippen molar-refractivity contribution in [3.05, 3.63) is 0 Å². The minimum atomic E-state index is -3.04. The molecule has 1 saturated carbocycles. The van der Waals surface area contributed by atoms with Crippen molar-refractivity contribution in [3.8, 4) is 6.07 Å². The van der Waals surface area contributed by atoms with E-state index in [1.807, 2.05) is 0 Å². The van der Waals surface area contributed by atoms with Gasteiger partial charge >= 0.3 is 0 Å². The van der Waals surface area contributed by atoms with Crippen LogP contribution in [0.1, 0.15) is 45.4 Å². The molecule has 1 aliphatic heterocycles. The van der Waals surface area contributed by atoms with Gasteiger partial charge in [0.1, 0.15) is 5.41 Å². The summed E-state index contributed by atoms with van der Waals surface area (Å²) in [7, 11) is -3.04. The van der Waals surface area contributed by atoms with E-state index in [-0.39, 0.29) is 30.0 Å². The highest BCUT2D eigenvalue weighted by Gasteiger charge is 2.44. The Bertz CT molecular complexity index is 513. The zero-order valence-corrected chi connectivity index (χ0v) is 12.8. The monoisotopic (exact) mass is 298 g/mol. The lowest BCUT2D eigenvalue weighted by atomic mass is 9.80. The van der Waals surface area contributed by atoms with Gasteiger partial charge < -0.3 is 4.90 Å². The molecule has 0 radical (unpaired) electrons. The van der Waals surface area contributed by atoms with Crippen molar-refractivity contribution in [2.75, 3.05) is 18.1 Å². The van der Waals surface area contributed by atoms with Gasteiger partial charge in [-0.05, 0) is 19.8 Å². The second kappa shape index (κ2) is 5.72. The lowest BCUT2D eigenvalue weighted by Crippen LogP contribution is -2.54. The Hall–Kier alpha value is -1.09. The first-order valence-electron chi connectivity index (χ1n) is 7.33. The number of hydrogen-bond acceptors (Lipinski definition) is 4. The van der Waals surface area contributed by atoms with Crippen molar-refractivity contribution in [1.29, 1.82) is 5.26 Å². The van der Waals surface area contributed by atoms with Gasteiger partial charge in [0, 0.05) is 12.6 Å². The van der Waals surface area contributed by atoms with E-state index in [1.165, 1.54) is 0 Å². The smallest absolute Gasteiger partial charge is 0.243 e. The van der Waals surface area contributed by atoms with Crippen LogP contribution in [-0.4, -0.2) is 43.3 Å². The molecule has 2 aliphatic rings. The molecule has 0 spiro atoms. The summed E-state index contributed by atoms with van der Waals surface area (Å²) in [6.45, 7) is 1.99. The third kappa shape index (κ3) is 2.98. The fourth-order valence-electron chi connectivity index (χ4n) is 3.28. The molecule has 2 rings (SSSR count). The highest BCUT2D eigenvalue weighted by Crippen LogP contribution is 2.37. The van der Waals surface area contributed by atoms with E-state index in [9.17, 15) is 18.5 Å². The maximum Gasteiger partial charge on any atom is 0.243 e. The maximum atomic E-state index is 12.8. The normalized spacial score (nSPS) is 29.2. The third-order valence-corrected chi connectivity index (χ3v) is 6.31. The first-order valence-corrected chi connectivity index (χ1v) is 9.15. The molecular weight excluding hydrogens is 276 g/mol. The van der Waals surface area contributed by atoms with Gasteiger partial charge in [0.05, 0.1) is 17.6 Å². The number of rotatable bonds is 1. The Labute approximate surface area is 120 Å². The summed E-state index contributed by atoms with van der Waals surface area (Å²) in [5, 5.41) is 9.54. The molecule has 0 aromatic rings. The molecule has 5 nitrogen and oxygen atoms in total. The van der Waals surface area contributed by atoms with Crippen molar-refractivity contribution >= 4 is 15.7 Å². The molecular formula is C14H22N2O3S. The van der Waals surface area contributed by atoms with Crippen molar-refractivity contribution in [1.82, 2.24) is 4.90 Å². The van der Waals surface area contributed by atoms with Gasteiger partial charge in [0.25, 0.3) is 0 Å². The van der Waals surface area contributed by atoms with Crippen LogP contribution in [0.2, 0.25) is 0 Å². The summed E-state index contributed by atoms with van der Waals surface area (Å²) in [5.74, 6) is -0.116. The molecule has 1 aliphatic carbocycles. The quantitative estimate of drug-likeness (QED) is 0.687. The molecule has 1 heterocycles. The second-order valence-corrected chi connectivity index (χ2v) is 8.30. The first kappa shape index (κ1) is 15.3. The van der Waals surface area contributed by atoms with Crippen LogP contribution in [-0.2, 0) is 14.6 Å². The molecule has 20 heavy (non-hydrogen) atoms. The molecule has 1 saturated heterocycles. The highest BCUT2D eigenvalue weighted by atomic mass is 32.2. The van der Waals surface area contributed by atoms with E-state index >= 15 is 0 Å². The summed E-state index contributed by atoms with van der Waals surface area (Å²) >= 11 is 0. The van der Waals surface area contributed by atoms with Crippen LogP contribution in [0.4, 0.5) is 0 Å². The largest absolute Gasteiger partial charge is 0.337 e. The van der Waals surface area contributed by atoms with Crippen LogP contribution in [0.15, 0.2) is 0 Å². The van der Waals surface area contributed by atoms with E-state index in [0.29, 0.717) is 12.8 Å². The van der Waals surface area contributed by atoms with Gasteiger partial charge in [-0.25, -0.2) is 8.42 Å². The predicted octanol–water partition coefficient (Wildman–Crippen LogP) is 1.50. The predicted molar refractivity (Wildman–Crippen MR) is 75.6 cm³/mol. The summed E-state index contributed by atoms with van der Waals surface area (Å²) in [6.07, 6.45) is 5.16. The van der Waals surface area contributed by atoms with E-state index in [0.717, 1.165) is 25.7 Å². The van der Waals surface area contributed by atoms with Crippen molar-refractivity contribution in [2.45, 2.75) is 51.5 Å². The Kier molecular flexibility index (Phi) is 4.38. The van der Waals surface area contributed by atoms with Crippen molar-refractivity contribution < 1.29 is 13.2 Å². The molecule has 0 bridgehead atoms. The van der Waals surface area contributed by atoms with E-state index in [2.05, 4.69) is 6.07 Å². The summed E-state index contributed by atoms with van der Waals surface area (Å²) < 4.78 is 23.2. The van der Waals surface area contributed by atoms with Crippen LogP contribution < -0.4 is 0 Å². The van der Waals surface area contributed by atoms with Crippen molar-refractivity contribution in [3.63, 3.8) is 0 Å². The van der Waals surface area contributed by atoms with Crippen molar-refractivity contribution in [2.24, 2.45) is 5.41 Å². The lowest BCUT2D eigenvalue weighted by Gasteiger charge is -2.38. The van der Waals surface area contributed by atoms with Crippen LogP contribution >= 0.6 is 0 Å². The van der Waals surface area contributed by atoms with Gasteiger partial charge in [-0.3, -0.25) is 4.79 Å². The van der Waals surface area contributed by atoms with E-state index < -0.39 is 15.3 Å². The fraction of sp³-hybridized carbons (Fsp3) is 0.857. The molecule has 1 unspecified atom stereocenters. The molecule has 112 valence electrons. The standard InChI is InChI=1S/C14H22N2O3S/c1-12-10-20(18,19)9-8-16(12)13(17)14(11-15)6-4-2-3-5-7-14/h12H,2-10H2,1H3. The first-order chi connectivity index (χ1) is 9.40. The molecule has 2 fully saturated rings. The fourth-order valence-corrected chi connectivity index (χ4v) is 4.84. The average molecular weight is 298 g/mol. The minimum absolute atomic E-state index is 0.0141. The van der Waals surface area contributed by atoms with Gasteiger partial charge in [-0.15, -0.1) is 0 Å². The number of nitriles is 1. The topological polar surface area (TPSA) is 78.2 Å². The minimum Gasteiger partial charge on any atom is -0.337 e. The number of hydrogen-bond donors (Lipinski definition) is 0. The zero-order chi connectivity index (χ0) is 14.8. The second-order valence-electron chi connectivity index (χ2n) is 6.07. The molecule has 1 atom stereocenters. The van der Waals surface area contributed by atoms with Gasteiger partial charge in [0.15, 0.2) is 9.84 Å². The Balaban J connectivity index is 2.19. The molecule has 0 aromatic carbocycles. The Morgan fingerprint density at radius 3 is 2.35 bits per heavy atom. The lowest BCUT2D eigenvalue weighted by molar-refractivity contribution is -0.141. The SMILES string of the molecule is CC1CS(=O)(=O)CCN1C(=O)C1(C#N)CCCCCC1.